The SMILES string of the molecule is CCN(Cc1ccccc1Cl)C(=O)CNCC1CC1.Cl. The van der Waals surface area contributed by atoms with Gasteiger partial charge < -0.3 is 10.2 Å². The van der Waals surface area contributed by atoms with Crippen LogP contribution in [0.2, 0.25) is 5.02 Å². The van der Waals surface area contributed by atoms with Gasteiger partial charge in [0, 0.05) is 18.1 Å². The second-order valence-electron chi connectivity index (χ2n) is 5.07. The molecular formula is C15H22Cl2N2O. The average Bonchev–Trinajstić information content (AvgIpc) is 3.22. The van der Waals surface area contributed by atoms with Gasteiger partial charge in [-0.15, -0.1) is 12.4 Å². The Morgan fingerprint density at radius 1 is 1.40 bits per heavy atom. The molecule has 1 aliphatic rings. The standard InChI is InChI=1S/C15H21ClN2O.ClH/c1-2-18(11-13-5-3-4-6-14(13)16)15(19)10-17-9-12-7-8-12;/h3-6,12,17H,2,7-11H2,1H3;1H. The topological polar surface area (TPSA) is 32.3 Å². The van der Waals surface area contributed by atoms with Gasteiger partial charge in [0.25, 0.3) is 0 Å². The minimum atomic E-state index is 0. The van der Waals surface area contributed by atoms with Crippen molar-refractivity contribution in [1.82, 2.24) is 10.2 Å². The number of hydrogen-bond donors (Lipinski definition) is 1. The maximum absolute atomic E-state index is 12.1. The van der Waals surface area contributed by atoms with Gasteiger partial charge in [-0.3, -0.25) is 4.79 Å². The number of nitrogens with one attached hydrogen (secondary N) is 1. The maximum Gasteiger partial charge on any atom is 0.236 e. The Bertz CT molecular complexity index is 436. The Kier molecular flexibility index (Phi) is 7.35. The normalized spacial score (nSPS) is 13.7. The molecule has 1 saturated carbocycles. The first-order chi connectivity index (χ1) is 9.20. The van der Waals surface area contributed by atoms with Crippen LogP contribution in [-0.4, -0.2) is 30.4 Å². The Hall–Kier alpha value is -0.770. The molecule has 112 valence electrons. The minimum Gasteiger partial charge on any atom is -0.337 e. The van der Waals surface area contributed by atoms with Gasteiger partial charge in [0.2, 0.25) is 5.91 Å². The van der Waals surface area contributed by atoms with E-state index in [2.05, 4.69) is 5.32 Å². The third-order valence-corrected chi connectivity index (χ3v) is 3.83. The fourth-order valence-electron chi connectivity index (χ4n) is 2.03. The summed E-state index contributed by atoms with van der Waals surface area (Å²) >= 11 is 6.13. The van der Waals surface area contributed by atoms with E-state index in [0.29, 0.717) is 19.6 Å². The maximum atomic E-state index is 12.1. The van der Waals surface area contributed by atoms with Gasteiger partial charge in [0.05, 0.1) is 6.54 Å². The van der Waals surface area contributed by atoms with Crippen LogP contribution in [0.3, 0.4) is 0 Å². The van der Waals surface area contributed by atoms with Crippen molar-refractivity contribution in [2.24, 2.45) is 5.92 Å². The molecule has 1 aromatic carbocycles. The van der Waals surface area contributed by atoms with Crippen molar-refractivity contribution in [3.63, 3.8) is 0 Å². The van der Waals surface area contributed by atoms with Crippen molar-refractivity contribution < 1.29 is 4.79 Å². The zero-order valence-electron chi connectivity index (χ0n) is 11.8. The molecule has 0 aromatic heterocycles. The van der Waals surface area contributed by atoms with Gasteiger partial charge in [-0.1, -0.05) is 29.8 Å². The van der Waals surface area contributed by atoms with E-state index in [0.717, 1.165) is 23.0 Å². The largest absolute Gasteiger partial charge is 0.337 e. The minimum absolute atomic E-state index is 0. The predicted molar refractivity (Wildman–Crippen MR) is 85.4 cm³/mol. The molecule has 0 radical (unpaired) electrons. The molecule has 0 saturated heterocycles. The highest BCUT2D eigenvalue weighted by Gasteiger charge is 2.21. The van der Waals surface area contributed by atoms with Crippen molar-refractivity contribution in [3.8, 4) is 0 Å². The van der Waals surface area contributed by atoms with Crippen molar-refractivity contribution in [1.29, 1.82) is 0 Å². The number of hydrogen-bond acceptors (Lipinski definition) is 2. The van der Waals surface area contributed by atoms with E-state index in [1.54, 1.807) is 0 Å². The van der Waals surface area contributed by atoms with Crippen LogP contribution in [0.1, 0.15) is 25.3 Å². The van der Waals surface area contributed by atoms with Gasteiger partial charge >= 0.3 is 0 Å². The van der Waals surface area contributed by atoms with E-state index in [-0.39, 0.29) is 18.3 Å². The van der Waals surface area contributed by atoms with Crippen LogP contribution >= 0.6 is 24.0 Å². The number of nitrogens with zero attached hydrogens (tertiary/aromatic N) is 1. The molecule has 0 heterocycles. The first-order valence-corrected chi connectivity index (χ1v) is 7.30. The fraction of sp³-hybridized carbons (Fsp3) is 0.533. The molecule has 3 nitrogen and oxygen atoms in total. The number of carbonyl (C=O) groups is 1. The highest BCUT2D eigenvalue weighted by atomic mass is 35.5. The molecule has 1 N–H and O–H groups in total. The zero-order chi connectivity index (χ0) is 13.7. The summed E-state index contributed by atoms with van der Waals surface area (Å²) in [7, 11) is 0. The third-order valence-electron chi connectivity index (χ3n) is 3.46. The van der Waals surface area contributed by atoms with Crippen LogP contribution in [0, 0.1) is 5.92 Å². The fourth-order valence-corrected chi connectivity index (χ4v) is 2.22. The average molecular weight is 317 g/mol. The van der Waals surface area contributed by atoms with Gasteiger partial charge in [0.15, 0.2) is 0 Å². The van der Waals surface area contributed by atoms with E-state index in [1.165, 1.54) is 12.8 Å². The van der Waals surface area contributed by atoms with Gasteiger partial charge in [-0.05, 0) is 43.9 Å². The van der Waals surface area contributed by atoms with Crippen molar-refractivity contribution in [2.75, 3.05) is 19.6 Å². The molecule has 0 unspecified atom stereocenters. The summed E-state index contributed by atoms with van der Waals surface area (Å²) in [6, 6.07) is 7.68. The van der Waals surface area contributed by atoms with Crippen LogP contribution in [0.15, 0.2) is 24.3 Å². The molecule has 5 heteroatoms. The van der Waals surface area contributed by atoms with E-state index < -0.39 is 0 Å². The second kappa shape index (κ2) is 8.50. The van der Waals surface area contributed by atoms with Gasteiger partial charge in [0.1, 0.15) is 0 Å². The summed E-state index contributed by atoms with van der Waals surface area (Å²) in [6.45, 7) is 4.68. The van der Waals surface area contributed by atoms with E-state index in [1.807, 2.05) is 36.1 Å². The second-order valence-corrected chi connectivity index (χ2v) is 5.48. The molecule has 0 atom stereocenters. The van der Waals surface area contributed by atoms with Crippen LogP contribution in [-0.2, 0) is 11.3 Å². The Morgan fingerprint density at radius 2 is 2.10 bits per heavy atom. The summed E-state index contributed by atoms with van der Waals surface area (Å²) in [6.07, 6.45) is 2.61. The van der Waals surface area contributed by atoms with Crippen molar-refractivity contribution in [3.05, 3.63) is 34.9 Å². The number of rotatable bonds is 7. The number of likely N-dealkylation sites (N-methyl/N-ethyl adjacent to an activating group) is 1. The Labute approximate surface area is 132 Å². The molecule has 0 aliphatic heterocycles. The molecule has 1 aromatic rings. The van der Waals surface area contributed by atoms with Crippen molar-refractivity contribution in [2.45, 2.75) is 26.3 Å². The lowest BCUT2D eigenvalue weighted by Crippen LogP contribution is -2.38. The monoisotopic (exact) mass is 316 g/mol. The summed E-state index contributed by atoms with van der Waals surface area (Å²) < 4.78 is 0. The third kappa shape index (κ3) is 5.31. The number of benzene rings is 1. The molecule has 0 bridgehead atoms. The predicted octanol–water partition coefficient (Wildman–Crippen LogP) is 3.11. The zero-order valence-corrected chi connectivity index (χ0v) is 13.3. The highest BCUT2D eigenvalue weighted by molar-refractivity contribution is 6.31. The van der Waals surface area contributed by atoms with E-state index in [4.69, 9.17) is 11.6 Å². The van der Waals surface area contributed by atoms with Gasteiger partial charge in [-0.2, -0.15) is 0 Å². The first-order valence-electron chi connectivity index (χ1n) is 6.92. The van der Waals surface area contributed by atoms with E-state index >= 15 is 0 Å². The molecule has 0 spiro atoms. The molecular weight excluding hydrogens is 295 g/mol. The Balaban J connectivity index is 0.00000200. The van der Waals surface area contributed by atoms with Gasteiger partial charge in [-0.25, -0.2) is 0 Å². The summed E-state index contributed by atoms with van der Waals surface area (Å²) in [5, 5.41) is 3.96. The summed E-state index contributed by atoms with van der Waals surface area (Å²) in [5.74, 6) is 0.939. The lowest BCUT2D eigenvalue weighted by molar-refractivity contribution is -0.130. The lowest BCUT2D eigenvalue weighted by atomic mass is 10.2. The van der Waals surface area contributed by atoms with Crippen LogP contribution in [0.4, 0.5) is 0 Å². The van der Waals surface area contributed by atoms with Crippen LogP contribution < -0.4 is 5.32 Å². The lowest BCUT2D eigenvalue weighted by Gasteiger charge is -2.21. The molecule has 2 rings (SSSR count). The van der Waals surface area contributed by atoms with Crippen LogP contribution in [0.25, 0.3) is 0 Å². The van der Waals surface area contributed by atoms with E-state index in [9.17, 15) is 4.79 Å². The van der Waals surface area contributed by atoms with Crippen molar-refractivity contribution >= 4 is 29.9 Å². The molecule has 1 aliphatic carbocycles. The van der Waals surface area contributed by atoms with Crippen LogP contribution in [0.5, 0.6) is 0 Å². The number of amides is 1. The highest BCUT2D eigenvalue weighted by Crippen LogP contribution is 2.27. The molecule has 20 heavy (non-hydrogen) atoms. The number of carbonyl (C=O) groups excluding carboxylic acids is 1. The summed E-state index contributed by atoms with van der Waals surface area (Å²) in [4.78, 5) is 13.9. The Morgan fingerprint density at radius 3 is 2.70 bits per heavy atom. The smallest absolute Gasteiger partial charge is 0.236 e. The first kappa shape index (κ1) is 17.3. The molecule has 1 amide bonds. The molecule has 1 fully saturated rings. The summed E-state index contributed by atoms with van der Waals surface area (Å²) in [5.41, 5.74) is 1.00. The number of halogens is 2. The quantitative estimate of drug-likeness (QED) is 0.838.